The van der Waals surface area contributed by atoms with E-state index in [9.17, 15) is 9.50 Å². The topological polar surface area (TPSA) is 38.7 Å². The highest BCUT2D eigenvalue weighted by molar-refractivity contribution is 5.28. The fourth-order valence-corrected chi connectivity index (χ4v) is 1.88. The molecule has 2 rings (SSSR count). The molecule has 0 bridgehead atoms. The van der Waals surface area contributed by atoms with Crippen molar-refractivity contribution in [1.82, 2.24) is 0 Å². The van der Waals surface area contributed by atoms with Crippen LogP contribution in [0.3, 0.4) is 0 Å². The van der Waals surface area contributed by atoms with Crippen molar-refractivity contribution in [3.8, 4) is 5.75 Å². The van der Waals surface area contributed by atoms with Gasteiger partial charge in [0.15, 0.2) is 0 Å². The average molecular weight is 240 g/mol. The molecule has 17 heavy (non-hydrogen) atoms. The molecule has 1 N–H and O–H groups in total. The Morgan fingerprint density at radius 3 is 3.06 bits per heavy atom. The minimum atomic E-state index is -0.525. The molecule has 1 aromatic carbocycles. The van der Waals surface area contributed by atoms with E-state index in [-0.39, 0.29) is 18.3 Å². The molecule has 0 amide bonds. The molecular weight excluding hydrogens is 223 g/mol. The number of benzene rings is 1. The summed E-state index contributed by atoms with van der Waals surface area (Å²) in [7, 11) is 0. The highest BCUT2D eigenvalue weighted by Gasteiger charge is 2.24. The third-order valence-corrected chi connectivity index (χ3v) is 3.06. The molecule has 2 unspecified atom stereocenters. The second kappa shape index (κ2) is 5.47. The van der Waals surface area contributed by atoms with E-state index in [2.05, 4.69) is 0 Å². The maximum Gasteiger partial charge on any atom is 0.126 e. The monoisotopic (exact) mass is 240 g/mol. The van der Waals surface area contributed by atoms with Gasteiger partial charge in [-0.25, -0.2) is 4.39 Å². The van der Waals surface area contributed by atoms with Gasteiger partial charge in [0.25, 0.3) is 0 Å². The van der Waals surface area contributed by atoms with Gasteiger partial charge >= 0.3 is 0 Å². The average Bonchev–Trinajstić information content (AvgIpc) is 2.84. The Labute approximate surface area is 100 Å². The van der Waals surface area contributed by atoms with E-state index in [1.54, 1.807) is 19.1 Å². The lowest BCUT2D eigenvalue weighted by Crippen LogP contribution is -2.27. The van der Waals surface area contributed by atoms with Crippen molar-refractivity contribution in [1.29, 1.82) is 0 Å². The normalized spacial score (nSPS) is 21.5. The second-order valence-electron chi connectivity index (χ2n) is 4.41. The first-order valence-electron chi connectivity index (χ1n) is 5.81. The van der Waals surface area contributed by atoms with Crippen LogP contribution in [-0.2, 0) is 4.74 Å². The minimum absolute atomic E-state index is 0.150. The van der Waals surface area contributed by atoms with Gasteiger partial charge in [0.2, 0.25) is 0 Å². The number of ether oxygens (including phenoxy) is 2. The summed E-state index contributed by atoms with van der Waals surface area (Å²) in [5.41, 5.74) is 0.543. The molecule has 0 aliphatic carbocycles. The highest BCUT2D eigenvalue weighted by atomic mass is 19.1. The molecule has 4 heteroatoms. The van der Waals surface area contributed by atoms with Crippen molar-refractivity contribution in [2.24, 2.45) is 5.92 Å². The molecule has 0 spiro atoms. The SMILES string of the molecule is Cc1cc(OCC(O)C2CCOC2)ccc1F. The Morgan fingerprint density at radius 2 is 2.41 bits per heavy atom. The van der Waals surface area contributed by atoms with E-state index in [4.69, 9.17) is 9.47 Å². The third-order valence-electron chi connectivity index (χ3n) is 3.06. The van der Waals surface area contributed by atoms with Crippen LogP contribution < -0.4 is 4.74 Å². The lowest BCUT2D eigenvalue weighted by molar-refractivity contribution is 0.0499. The van der Waals surface area contributed by atoms with Crippen LogP contribution >= 0.6 is 0 Å². The summed E-state index contributed by atoms with van der Waals surface area (Å²) < 4.78 is 23.7. The van der Waals surface area contributed by atoms with E-state index in [1.807, 2.05) is 0 Å². The number of aryl methyl sites for hydroxylation is 1. The van der Waals surface area contributed by atoms with Gasteiger partial charge in [0.1, 0.15) is 18.2 Å². The number of hydrogen-bond acceptors (Lipinski definition) is 3. The van der Waals surface area contributed by atoms with Crippen LogP contribution in [0.15, 0.2) is 18.2 Å². The molecule has 3 nitrogen and oxygen atoms in total. The van der Waals surface area contributed by atoms with Gasteiger partial charge in [-0.3, -0.25) is 0 Å². The van der Waals surface area contributed by atoms with E-state index >= 15 is 0 Å². The van der Waals surface area contributed by atoms with Gasteiger partial charge in [-0.1, -0.05) is 0 Å². The van der Waals surface area contributed by atoms with Crippen LogP contribution in [0.1, 0.15) is 12.0 Å². The molecule has 1 fully saturated rings. The summed E-state index contributed by atoms with van der Waals surface area (Å²) in [6.45, 7) is 3.20. The smallest absolute Gasteiger partial charge is 0.126 e. The van der Waals surface area contributed by atoms with Gasteiger partial charge in [0.05, 0.1) is 12.7 Å². The molecule has 1 aliphatic heterocycles. The van der Waals surface area contributed by atoms with Crippen molar-refractivity contribution in [2.75, 3.05) is 19.8 Å². The summed E-state index contributed by atoms with van der Waals surface area (Å²) in [5, 5.41) is 9.86. The second-order valence-corrected chi connectivity index (χ2v) is 4.41. The lowest BCUT2D eigenvalue weighted by Gasteiger charge is -2.17. The summed E-state index contributed by atoms with van der Waals surface area (Å²) in [6.07, 6.45) is 0.343. The van der Waals surface area contributed by atoms with Gasteiger partial charge < -0.3 is 14.6 Å². The van der Waals surface area contributed by atoms with Crippen LogP contribution in [0.5, 0.6) is 5.75 Å². The standard InChI is InChI=1S/C13H17FO3/c1-9-6-11(2-3-12(9)14)17-8-13(15)10-4-5-16-7-10/h2-3,6,10,13,15H,4-5,7-8H2,1H3. The Morgan fingerprint density at radius 1 is 1.59 bits per heavy atom. The third kappa shape index (κ3) is 3.17. The Hall–Kier alpha value is -1.13. The molecule has 0 radical (unpaired) electrons. The molecule has 2 atom stereocenters. The first-order valence-corrected chi connectivity index (χ1v) is 5.81. The van der Waals surface area contributed by atoms with Crippen LogP contribution in [0.4, 0.5) is 4.39 Å². The largest absolute Gasteiger partial charge is 0.491 e. The maximum absolute atomic E-state index is 13.0. The van der Waals surface area contributed by atoms with E-state index in [0.717, 1.165) is 6.42 Å². The number of halogens is 1. The molecule has 1 aliphatic rings. The maximum atomic E-state index is 13.0. The summed E-state index contributed by atoms with van der Waals surface area (Å²) in [6, 6.07) is 4.57. The van der Waals surface area contributed by atoms with E-state index in [1.165, 1.54) is 6.07 Å². The van der Waals surface area contributed by atoms with Crippen molar-refractivity contribution >= 4 is 0 Å². The van der Waals surface area contributed by atoms with Crippen LogP contribution in [0, 0.1) is 18.7 Å². The molecule has 1 aromatic rings. The van der Waals surface area contributed by atoms with Crippen molar-refractivity contribution in [3.63, 3.8) is 0 Å². The van der Waals surface area contributed by atoms with Crippen LogP contribution in [0.2, 0.25) is 0 Å². The van der Waals surface area contributed by atoms with E-state index < -0.39 is 6.10 Å². The Kier molecular flexibility index (Phi) is 3.97. The molecule has 0 aromatic heterocycles. The lowest BCUT2D eigenvalue weighted by atomic mass is 10.0. The molecule has 1 saturated heterocycles. The number of hydrogen-bond donors (Lipinski definition) is 1. The van der Waals surface area contributed by atoms with Crippen LogP contribution in [-0.4, -0.2) is 31.0 Å². The van der Waals surface area contributed by atoms with Gasteiger partial charge in [-0.15, -0.1) is 0 Å². The zero-order valence-electron chi connectivity index (χ0n) is 9.86. The van der Waals surface area contributed by atoms with Crippen molar-refractivity contribution in [3.05, 3.63) is 29.6 Å². The van der Waals surface area contributed by atoms with Gasteiger partial charge in [-0.05, 0) is 37.1 Å². The Balaban J connectivity index is 1.86. The first-order chi connectivity index (χ1) is 8.16. The molecule has 0 saturated carbocycles. The first kappa shape index (κ1) is 12.3. The summed E-state index contributed by atoms with van der Waals surface area (Å²) in [5.74, 6) is 0.487. The zero-order chi connectivity index (χ0) is 12.3. The predicted molar refractivity (Wildman–Crippen MR) is 61.6 cm³/mol. The van der Waals surface area contributed by atoms with Gasteiger partial charge in [-0.2, -0.15) is 0 Å². The Bertz CT molecular complexity index is 375. The number of rotatable bonds is 4. The zero-order valence-corrected chi connectivity index (χ0v) is 9.86. The fraction of sp³-hybridized carbons (Fsp3) is 0.538. The summed E-state index contributed by atoms with van der Waals surface area (Å²) in [4.78, 5) is 0. The molecule has 94 valence electrons. The predicted octanol–water partition coefficient (Wildman–Crippen LogP) is 1.91. The van der Waals surface area contributed by atoms with Gasteiger partial charge in [0, 0.05) is 12.5 Å². The number of aliphatic hydroxyl groups excluding tert-OH is 1. The fourth-order valence-electron chi connectivity index (χ4n) is 1.88. The number of aliphatic hydroxyl groups is 1. The highest BCUT2D eigenvalue weighted by Crippen LogP contribution is 2.19. The summed E-state index contributed by atoms with van der Waals surface area (Å²) >= 11 is 0. The quantitative estimate of drug-likeness (QED) is 0.873. The molecular formula is C13H17FO3. The minimum Gasteiger partial charge on any atom is -0.491 e. The molecule has 1 heterocycles. The van der Waals surface area contributed by atoms with Crippen molar-refractivity contribution < 1.29 is 19.0 Å². The van der Waals surface area contributed by atoms with Crippen molar-refractivity contribution in [2.45, 2.75) is 19.4 Å². The van der Waals surface area contributed by atoms with Crippen LogP contribution in [0.25, 0.3) is 0 Å². The van der Waals surface area contributed by atoms with E-state index in [0.29, 0.717) is 24.5 Å².